The lowest BCUT2D eigenvalue weighted by atomic mass is 9.99. The Morgan fingerprint density at radius 2 is 1.90 bits per heavy atom. The molecular weight excluding hydrogens is 264 g/mol. The fourth-order valence-electron chi connectivity index (χ4n) is 2.50. The lowest BCUT2D eigenvalue weighted by molar-refractivity contribution is -0.133. The second kappa shape index (κ2) is 6.94. The van der Waals surface area contributed by atoms with Crippen LogP contribution in [0.1, 0.15) is 39.5 Å². The van der Waals surface area contributed by atoms with Gasteiger partial charge in [-0.05, 0) is 32.4 Å². The maximum absolute atomic E-state index is 12.1. The predicted molar refractivity (Wildman–Crippen MR) is 84.2 cm³/mol. The van der Waals surface area contributed by atoms with Gasteiger partial charge in [-0.2, -0.15) is 0 Å². The van der Waals surface area contributed by atoms with Gasteiger partial charge in [0.1, 0.15) is 11.9 Å². The molecule has 0 bridgehead atoms. The Kier molecular flexibility index (Phi) is 5.23. The summed E-state index contributed by atoms with van der Waals surface area (Å²) in [6, 6.07) is 9.87. The van der Waals surface area contributed by atoms with E-state index in [-0.39, 0.29) is 17.6 Å². The van der Waals surface area contributed by atoms with Crippen LogP contribution in [0, 0.1) is 0 Å². The Hall–Kier alpha value is -1.55. The number of carbonyl (C=O) groups excluding carboxylic acids is 1. The molecule has 0 spiro atoms. The number of carbonyl (C=O) groups is 1. The van der Waals surface area contributed by atoms with Crippen molar-refractivity contribution in [2.75, 3.05) is 13.1 Å². The van der Waals surface area contributed by atoms with Crippen molar-refractivity contribution in [3.8, 4) is 5.75 Å². The highest BCUT2D eigenvalue weighted by Gasteiger charge is 2.24. The summed E-state index contributed by atoms with van der Waals surface area (Å²) < 4.78 is 5.94. The van der Waals surface area contributed by atoms with Crippen molar-refractivity contribution in [1.29, 1.82) is 0 Å². The number of nitrogens with zero attached hydrogens (tertiary/aromatic N) is 1. The second-order valence-corrected chi connectivity index (χ2v) is 6.50. The molecule has 4 nitrogen and oxygen atoms in total. The van der Waals surface area contributed by atoms with Crippen LogP contribution in [-0.4, -0.2) is 35.5 Å². The van der Waals surface area contributed by atoms with Crippen molar-refractivity contribution in [1.82, 2.24) is 4.90 Å². The first-order chi connectivity index (χ1) is 9.94. The summed E-state index contributed by atoms with van der Waals surface area (Å²) in [5, 5.41) is 0. The quantitative estimate of drug-likeness (QED) is 0.907. The van der Waals surface area contributed by atoms with Crippen LogP contribution in [-0.2, 0) is 4.79 Å². The van der Waals surface area contributed by atoms with Gasteiger partial charge in [-0.3, -0.25) is 4.79 Å². The number of hydrogen-bond acceptors (Lipinski definition) is 3. The molecule has 0 atom stereocenters. The lowest BCUT2D eigenvalue weighted by Gasteiger charge is -2.33. The van der Waals surface area contributed by atoms with Gasteiger partial charge in [-0.15, -0.1) is 0 Å². The zero-order valence-corrected chi connectivity index (χ0v) is 13.0. The number of rotatable bonds is 5. The van der Waals surface area contributed by atoms with E-state index in [9.17, 15) is 4.79 Å². The van der Waals surface area contributed by atoms with Crippen molar-refractivity contribution < 1.29 is 9.53 Å². The van der Waals surface area contributed by atoms with Gasteiger partial charge >= 0.3 is 0 Å². The minimum absolute atomic E-state index is 0.211. The molecule has 0 unspecified atom stereocenters. The monoisotopic (exact) mass is 290 g/mol. The number of likely N-dealkylation sites (tertiary alicyclic amines) is 1. The number of hydrogen-bond donors (Lipinski definition) is 1. The van der Waals surface area contributed by atoms with E-state index < -0.39 is 0 Å². The third kappa shape index (κ3) is 5.38. The van der Waals surface area contributed by atoms with Gasteiger partial charge in [0, 0.05) is 37.9 Å². The van der Waals surface area contributed by atoms with E-state index in [1.54, 1.807) is 0 Å². The van der Waals surface area contributed by atoms with E-state index >= 15 is 0 Å². The molecule has 0 aromatic heterocycles. The first-order valence-corrected chi connectivity index (χ1v) is 7.72. The Labute approximate surface area is 127 Å². The molecule has 2 rings (SSSR count). The van der Waals surface area contributed by atoms with Crippen LogP contribution in [0.3, 0.4) is 0 Å². The van der Waals surface area contributed by atoms with E-state index in [1.165, 1.54) is 0 Å². The first kappa shape index (κ1) is 15.8. The molecule has 116 valence electrons. The van der Waals surface area contributed by atoms with E-state index in [2.05, 4.69) is 0 Å². The number of nitrogens with two attached hydrogens (primary N) is 1. The van der Waals surface area contributed by atoms with Crippen molar-refractivity contribution >= 4 is 5.91 Å². The highest BCUT2D eigenvalue weighted by Crippen LogP contribution is 2.19. The average molecular weight is 290 g/mol. The highest BCUT2D eigenvalue weighted by atomic mass is 16.5. The maximum Gasteiger partial charge on any atom is 0.222 e. The van der Waals surface area contributed by atoms with Gasteiger partial charge in [0.15, 0.2) is 0 Å². The Morgan fingerprint density at radius 1 is 1.29 bits per heavy atom. The summed E-state index contributed by atoms with van der Waals surface area (Å²) in [5.74, 6) is 1.12. The second-order valence-electron chi connectivity index (χ2n) is 6.50. The number of para-hydroxylation sites is 1. The van der Waals surface area contributed by atoms with Crippen molar-refractivity contribution in [3.05, 3.63) is 30.3 Å². The standard InChI is InChI=1S/C17H26N2O2/c1-17(2,18)11-8-16(20)19-12-9-15(10-13-19)21-14-6-4-3-5-7-14/h3-7,15H,8-13,18H2,1-2H3. The van der Waals surface area contributed by atoms with E-state index in [1.807, 2.05) is 49.1 Å². The Balaban J connectivity index is 1.74. The molecule has 0 radical (unpaired) electrons. The fourth-order valence-corrected chi connectivity index (χ4v) is 2.50. The molecule has 1 aromatic rings. The van der Waals surface area contributed by atoms with Gasteiger partial charge in [0.2, 0.25) is 5.91 Å². The largest absolute Gasteiger partial charge is 0.490 e. The normalized spacial score (nSPS) is 16.8. The van der Waals surface area contributed by atoms with Gasteiger partial charge in [0.05, 0.1) is 0 Å². The van der Waals surface area contributed by atoms with E-state index in [0.717, 1.165) is 38.1 Å². The summed E-state index contributed by atoms with van der Waals surface area (Å²) in [4.78, 5) is 14.1. The third-order valence-corrected chi connectivity index (χ3v) is 3.82. The van der Waals surface area contributed by atoms with Crippen molar-refractivity contribution in [2.24, 2.45) is 5.73 Å². The van der Waals surface area contributed by atoms with E-state index in [0.29, 0.717) is 6.42 Å². The number of ether oxygens (including phenoxy) is 1. The molecule has 1 saturated heterocycles. The fraction of sp³-hybridized carbons (Fsp3) is 0.588. The topological polar surface area (TPSA) is 55.6 Å². The highest BCUT2D eigenvalue weighted by molar-refractivity contribution is 5.76. The van der Waals surface area contributed by atoms with Crippen LogP contribution >= 0.6 is 0 Å². The smallest absolute Gasteiger partial charge is 0.222 e. The third-order valence-electron chi connectivity index (χ3n) is 3.82. The average Bonchev–Trinajstić information content (AvgIpc) is 2.46. The Bertz CT molecular complexity index is 446. The van der Waals surface area contributed by atoms with Crippen LogP contribution in [0.2, 0.25) is 0 Å². The zero-order chi connectivity index (χ0) is 15.3. The first-order valence-electron chi connectivity index (χ1n) is 7.72. The number of benzene rings is 1. The van der Waals surface area contributed by atoms with Crippen LogP contribution in [0.4, 0.5) is 0 Å². The SMILES string of the molecule is CC(C)(N)CCC(=O)N1CCC(Oc2ccccc2)CC1. The lowest BCUT2D eigenvalue weighted by Crippen LogP contribution is -2.42. The predicted octanol–water partition coefficient (Wildman–Crippen LogP) is 2.57. The molecule has 0 aliphatic carbocycles. The summed E-state index contributed by atoms with van der Waals surface area (Å²) in [6.07, 6.45) is 3.27. The molecule has 2 N–H and O–H groups in total. The summed E-state index contributed by atoms with van der Waals surface area (Å²) in [7, 11) is 0. The Morgan fingerprint density at radius 3 is 2.48 bits per heavy atom. The van der Waals surface area contributed by atoms with Gasteiger partial charge in [-0.25, -0.2) is 0 Å². The van der Waals surface area contributed by atoms with Crippen LogP contribution in [0.25, 0.3) is 0 Å². The molecular formula is C17H26N2O2. The molecule has 1 aliphatic heterocycles. The minimum Gasteiger partial charge on any atom is -0.490 e. The molecule has 1 aliphatic rings. The molecule has 1 aromatic carbocycles. The van der Waals surface area contributed by atoms with Crippen LogP contribution < -0.4 is 10.5 Å². The maximum atomic E-state index is 12.1. The molecule has 21 heavy (non-hydrogen) atoms. The molecule has 0 saturated carbocycles. The molecule has 1 heterocycles. The minimum atomic E-state index is -0.273. The summed E-state index contributed by atoms with van der Waals surface area (Å²) in [6.45, 7) is 5.48. The number of amides is 1. The van der Waals surface area contributed by atoms with Crippen LogP contribution in [0.15, 0.2) is 30.3 Å². The van der Waals surface area contributed by atoms with Crippen molar-refractivity contribution in [2.45, 2.75) is 51.2 Å². The molecule has 4 heteroatoms. The van der Waals surface area contributed by atoms with Crippen molar-refractivity contribution in [3.63, 3.8) is 0 Å². The van der Waals surface area contributed by atoms with Gasteiger partial charge < -0.3 is 15.4 Å². The molecule has 1 fully saturated rings. The summed E-state index contributed by atoms with van der Waals surface area (Å²) >= 11 is 0. The zero-order valence-electron chi connectivity index (χ0n) is 13.0. The molecule has 1 amide bonds. The summed E-state index contributed by atoms with van der Waals surface area (Å²) in [5.41, 5.74) is 5.66. The number of piperidine rings is 1. The van der Waals surface area contributed by atoms with Gasteiger partial charge in [-0.1, -0.05) is 18.2 Å². The van der Waals surface area contributed by atoms with Gasteiger partial charge in [0.25, 0.3) is 0 Å². The van der Waals surface area contributed by atoms with E-state index in [4.69, 9.17) is 10.5 Å². The van der Waals surface area contributed by atoms with Crippen LogP contribution in [0.5, 0.6) is 5.75 Å².